The second kappa shape index (κ2) is 3.76. The van der Waals surface area contributed by atoms with Gasteiger partial charge in [-0.05, 0) is 18.7 Å². The molecule has 0 atom stereocenters. The van der Waals surface area contributed by atoms with Crippen molar-refractivity contribution < 1.29 is 0 Å². The third-order valence-electron chi connectivity index (χ3n) is 2.04. The molecule has 16 heavy (non-hydrogen) atoms. The number of nitrogens with zero attached hydrogens (tertiary/aromatic N) is 4. The van der Waals surface area contributed by atoms with Gasteiger partial charge in [0.1, 0.15) is 11.4 Å². The summed E-state index contributed by atoms with van der Waals surface area (Å²) < 4.78 is 2.01. The first-order chi connectivity index (χ1) is 7.75. The van der Waals surface area contributed by atoms with Crippen molar-refractivity contribution in [1.82, 2.24) is 24.6 Å². The van der Waals surface area contributed by atoms with E-state index in [9.17, 15) is 0 Å². The molecule has 5 nitrogen and oxygen atoms in total. The average Bonchev–Trinajstić information content (AvgIpc) is 2.91. The average molecular weight is 272 g/mol. The van der Waals surface area contributed by atoms with Crippen LogP contribution in [-0.4, -0.2) is 24.6 Å². The number of thiazole rings is 1. The Balaban J connectivity index is 2.14. The highest BCUT2D eigenvalue weighted by Gasteiger charge is 2.15. The number of aryl methyl sites for hydroxylation is 1. The van der Waals surface area contributed by atoms with Crippen molar-refractivity contribution in [2.24, 2.45) is 0 Å². The fourth-order valence-corrected chi connectivity index (χ4v) is 3.45. The first-order valence-electron chi connectivity index (χ1n) is 4.41. The monoisotopic (exact) mass is 271 g/mol. The van der Waals surface area contributed by atoms with E-state index >= 15 is 0 Å². The minimum Gasteiger partial charge on any atom is -0.281 e. The van der Waals surface area contributed by atoms with Gasteiger partial charge in [-0.2, -0.15) is 5.10 Å². The molecule has 0 aliphatic rings. The van der Waals surface area contributed by atoms with Crippen molar-refractivity contribution in [3.05, 3.63) is 22.6 Å². The van der Waals surface area contributed by atoms with Crippen molar-refractivity contribution >= 4 is 39.7 Å². The summed E-state index contributed by atoms with van der Waals surface area (Å²) in [5.74, 6) is 0. The minimum atomic E-state index is 0.497. The molecule has 0 radical (unpaired) electrons. The number of H-pyrrole nitrogens is 1. The van der Waals surface area contributed by atoms with Crippen LogP contribution in [0.1, 0.15) is 5.69 Å². The smallest absolute Gasteiger partial charge is 0.196 e. The maximum atomic E-state index is 6.09. The first kappa shape index (κ1) is 10.1. The van der Waals surface area contributed by atoms with E-state index in [4.69, 9.17) is 11.6 Å². The Morgan fingerprint density at radius 1 is 1.56 bits per heavy atom. The van der Waals surface area contributed by atoms with E-state index in [1.54, 1.807) is 11.3 Å². The van der Waals surface area contributed by atoms with E-state index in [1.165, 1.54) is 18.1 Å². The lowest BCUT2D eigenvalue weighted by Crippen LogP contribution is -1.87. The Hall–Kier alpha value is -1.05. The van der Waals surface area contributed by atoms with Crippen LogP contribution < -0.4 is 0 Å². The first-order valence-corrected chi connectivity index (χ1v) is 6.48. The SMILES string of the molecule is Cc1csc2nc(Cl)c(Sc3ncn[nH]3)n12. The maximum absolute atomic E-state index is 6.09. The van der Waals surface area contributed by atoms with Crippen LogP contribution in [-0.2, 0) is 0 Å². The number of halogens is 1. The number of nitrogens with one attached hydrogen (secondary N) is 1. The lowest BCUT2D eigenvalue weighted by Gasteiger charge is -1.97. The van der Waals surface area contributed by atoms with E-state index in [0.717, 1.165) is 15.7 Å². The van der Waals surface area contributed by atoms with Gasteiger partial charge in [0.15, 0.2) is 15.3 Å². The van der Waals surface area contributed by atoms with Crippen LogP contribution in [0.15, 0.2) is 21.9 Å². The molecule has 0 bridgehead atoms. The van der Waals surface area contributed by atoms with E-state index in [1.807, 2.05) is 16.7 Å². The summed E-state index contributed by atoms with van der Waals surface area (Å²) in [6.45, 7) is 2.02. The normalized spacial score (nSPS) is 11.4. The molecule has 0 unspecified atom stereocenters. The van der Waals surface area contributed by atoms with Crippen LogP contribution in [0, 0.1) is 6.92 Å². The van der Waals surface area contributed by atoms with Crippen LogP contribution in [0.4, 0.5) is 0 Å². The van der Waals surface area contributed by atoms with E-state index in [0.29, 0.717) is 10.3 Å². The molecule has 3 aromatic heterocycles. The molecule has 82 valence electrons. The van der Waals surface area contributed by atoms with E-state index in [-0.39, 0.29) is 0 Å². The fraction of sp³-hybridized carbons (Fsp3) is 0.125. The molecule has 1 N–H and O–H groups in total. The zero-order valence-electron chi connectivity index (χ0n) is 8.14. The van der Waals surface area contributed by atoms with Crippen LogP contribution in [0.5, 0.6) is 0 Å². The highest BCUT2D eigenvalue weighted by Crippen LogP contribution is 2.34. The minimum absolute atomic E-state index is 0.497. The van der Waals surface area contributed by atoms with Crippen molar-refractivity contribution in [2.75, 3.05) is 0 Å². The van der Waals surface area contributed by atoms with Crippen LogP contribution >= 0.6 is 34.7 Å². The third-order valence-corrected chi connectivity index (χ3v) is 4.32. The summed E-state index contributed by atoms with van der Waals surface area (Å²) in [7, 11) is 0. The molecule has 0 aliphatic carbocycles. The fourth-order valence-electron chi connectivity index (χ4n) is 1.36. The van der Waals surface area contributed by atoms with Gasteiger partial charge < -0.3 is 0 Å². The zero-order chi connectivity index (χ0) is 11.1. The van der Waals surface area contributed by atoms with Gasteiger partial charge in [-0.1, -0.05) is 11.6 Å². The Morgan fingerprint density at radius 2 is 2.44 bits per heavy atom. The number of aromatic nitrogens is 5. The van der Waals surface area contributed by atoms with Gasteiger partial charge in [0.05, 0.1) is 0 Å². The summed E-state index contributed by atoms with van der Waals surface area (Å²) in [6, 6.07) is 0. The summed E-state index contributed by atoms with van der Waals surface area (Å²) in [5, 5.41) is 10.7. The Morgan fingerprint density at radius 3 is 3.19 bits per heavy atom. The van der Waals surface area contributed by atoms with Gasteiger partial charge in [-0.25, -0.2) is 9.97 Å². The predicted octanol–water partition coefficient (Wildman–Crippen LogP) is 2.63. The number of imidazole rings is 1. The van der Waals surface area contributed by atoms with E-state index in [2.05, 4.69) is 20.2 Å². The molecule has 0 spiro atoms. The van der Waals surface area contributed by atoms with Crippen molar-refractivity contribution in [3.8, 4) is 0 Å². The van der Waals surface area contributed by atoms with Gasteiger partial charge >= 0.3 is 0 Å². The van der Waals surface area contributed by atoms with Gasteiger partial charge in [-0.15, -0.1) is 11.3 Å². The molecule has 0 amide bonds. The molecule has 8 heteroatoms. The quantitative estimate of drug-likeness (QED) is 0.778. The van der Waals surface area contributed by atoms with Crippen LogP contribution in [0.3, 0.4) is 0 Å². The third kappa shape index (κ3) is 1.51. The lowest BCUT2D eigenvalue weighted by atomic mass is 10.6. The van der Waals surface area contributed by atoms with Crippen LogP contribution in [0.2, 0.25) is 5.15 Å². The van der Waals surface area contributed by atoms with E-state index < -0.39 is 0 Å². The largest absolute Gasteiger partial charge is 0.281 e. The Labute approximate surface area is 104 Å². The van der Waals surface area contributed by atoms with Gasteiger partial charge in [0, 0.05) is 11.1 Å². The van der Waals surface area contributed by atoms with Crippen molar-refractivity contribution in [1.29, 1.82) is 0 Å². The number of fused-ring (bicyclic) bond motifs is 1. The topological polar surface area (TPSA) is 58.9 Å². The molecule has 3 aromatic rings. The van der Waals surface area contributed by atoms with Crippen molar-refractivity contribution in [2.45, 2.75) is 17.1 Å². The summed E-state index contributed by atoms with van der Waals surface area (Å²) in [5.41, 5.74) is 1.11. The van der Waals surface area contributed by atoms with Gasteiger partial charge in [0.25, 0.3) is 0 Å². The summed E-state index contributed by atoms with van der Waals surface area (Å²) in [6.07, 6.45) is 1.47. The second-order valence-corrected chi connectivity index (χ2v) is 5.27. The molecule has 3 heterocycles. The molecular formula is C8H6ClN5S2. The van der Waals surface area contributed by atoms with Crippen LogP contribution in [0.25, 0.3) is 4.96 Å². The molecule has 0 saturated carbocycles. The van der Waals surface area contributed by atoms with Crippen molar-refractivity contribution in [3.63, 3.8) is 0 Å². The molecule has 0 aliphatic heterocycles. The molecule has 0 fully saturated rings. The molecule has 0 saturated heterocycles. The highest BCUT2D eigenvalue weighted by molar-refractivity contribution is 7.99. The number of rotatable bonds is 2. The summed E-state index contributed by atoms with van der Waals surface area (Å²) >= 11 is 9.08. The zero-order valence-corrected chi connectivity index (χ0v) is 10.5. The predicted molar refractivity (Wildman–Crippen MR) is 63.3 cm³/mol. The second-order valence-electron chi connectivity index (χ2n) is 3.10. The van der Waals surface area contributed by atoms with Gasteiger partial charge in [-0.3, -0.25) is 9.50 Å². The number of aromatic amines is 1. The van der Waals surface area contributed by atoms with Gasteiger partial charge in [0.2, 0.25) is 0 Å². The molecule has 0 aromatic carbocycles. The summed E-state index contributed by atoms with van der Waals surface area (Å²) in [4.78, 5) is 9.22. The number of hydrogen-bond donors (Lipinski definition) is 1. The molecular weight excluding hydrogens is 266 g/mol. The Kier molecular flexibility index (Phi) is 2.38. The molecule has 3 rings (SSSR count). The Bertz CT molecular complexity index is 626. The standard InChI is InChI=1S/C8H6ClN5S2/c1-4-2-15-8-12-5(9)6(14(4)8)16-7-10-3-11-13-7/h2-3H,1H3,(H,10,11,13). The maximum Gasteiger partial charge on any atom is 0.196 e. The lowest BCUT2D eigenvalue weighted by molar-refractivity contribution is 0.955. The highest BCUT2D eigenvalue weighted by atomic mass is 35.5. The number of hydrogen-bond acceptors (Lipinski definition) is 5.